The molecule has 0 saturated heterocycles. The maximum Gasteiger partial charge on any atom is 0.341 e. The lowest BCUT2D eigenvalue weighted by Crippen LogP contribution is -2.09. The molecule has 3 aromatic rings. The summed E-state index contributed by atoms with van der Waals surface area (Å²) in [7, 11) is 0. The van der Waals surface area contributed by atoms with Crippen LogP contribution < -0.4 is 0 Å². The molecule has 0 spiro atoms. The molecular formula is C18H15ClFNO2. The number of aromatic nitrogens is 1. The third kappa shape index (κ3) is 3.54. The van der Waals surface area contributed by atoms with Gasteiger partial charge in [-0.2, -0.15) is 0 Å². The highest BCUT2D eigenvalue weighted by atomic mass is 35.5. The summed E-state index contributed by atoms with van der Waals surface area (Å²) >= 11 is 6.01. The highest BCUT2D eigenvalue weighted by Crippen LogP contribution is 2.23. The first-order chi connectivity index (χ1) is 11.1. The molecule has 3 rings (SSSR count). The summed E-state index contributed by atoms with van der Waals surface area (Å²) in [4.78, 5) is 15.0. The van der Waals surface area contributed by atoms with Crippen molar-refractivity contribution < 1.29 is 13.9 Å². The molecule has 118 valence electrons. The van der Waals surface area contributed by atoms with E-state index in [1.807, 2.05) is 24.4 Å². The molecule has 1 N–H and O–H groups in total. The Labute approximate surface area is 138 Å². The van der Waals surface area contributed by atoms with Crippen molar-refractivity contribution >= 4 is 28.5 Å². The van der Waals surface area contributed by atoms with Crippen LogP contribution in [-0.4, -0.2) is 17.6 Å². The molecule has 3 nitrogen and oxygen atoms in total. The zero-order valence-electron chi connectivity index (χ0n) is 12.3. The molecule has 2 aromatic carbocycles. The second-order valence-electron chi connectivity index (χ2n) is 5.22. The zero-order chi connectivity index (χ0) is 16.2. The SMILES string of the molecule is O=C(OCCCc1c[nH]c2ccc(Cl)cc12)c1ccccc1F. The number of halogens is 2. The van der Waals surface area contributed by atoms with Crippen molar-refractivity contribution in [3.63, 3.8) is 0 Å². The van der Waals surface area contributed by atoms with E-state index in [4.69, 9.17) is 16.3 Å². The number of benzene rings is 2. The van der Waals surface area contributed by atoms with Crippen LogP contribution in [0.3, 0.4) is 0 Å². The maximum atomic E-state index is 13.5. The van der Waals surface area contributed by atoms with Gasteiger partial charge in [0, 0.05) is 22.1 Å². The van der Waals surface area contributed by atoms with Crippen LogP contribution in [0, 0.1) is 5.82 Å². The average molecular weight is 332 g/mol. The van der Waals surface area contributed by atoms with E-state index in [1.54, 1.807) is 6.07 Å². The van der Waals surface area contributed by atoms with Crippen LogP contribution in [0.15, 0.2) is 48.7 Å². The van der Waals surface area contributed by atoms with Crippen LogP contribution in [0.25, 0.3) is 10.9 Å². The van der Waals surface area contributed by atoms with Gasteiger partial charge in [0.05, 0.1) is 12.2 Å². The summed E-state index contributed by atoms with van der Waals surface area (Å²) in [5.41, 5.74) is 2.10. The normalized spacial score (nSPS) is 10.9. The standard InChI is InChI=1S/C18H15ClFNO2/c19-13-7-8-17-15(10-13)12(11-21-17)4-3-9-23-18(22)14-5-1-2-6-16(14)20/h1-2,5-8,10-11,21H,3-4,9H2. The van der Waals surface area contributed by atoms with Gasteiger partial charge in [-0.05, 0) is 48.7 Å². The van der Waals surface area contributed by atoms with Gasteiger partial charge in [-0.3, -0.25) is 0 Å². The summed E-state index contributed by atoms with van der Waals surface area (Å²) in [5.74, 6) is -1.20. The van der Waals surface area contributed by atoms with Gasteiger partial charge in [-0.15, -0.1) is 0 Å². The zero-order valence-corrected chi connectivity index (χ0v) is 13.1. The summed E-state index contributed by atoms with van der Waals surface area (Å²) in [6, 6.07) is 11.5. The van der Waals surface area contributed by atoms with Crippen molar-refractivity contribution in [3.8, 4) is 0 Å². The van der Waals surface area contributed by atoms with Gasteiger partial charge in [-0.1, -0.05) is 23.7 Å². The first kappa shape index (κ1) is 15.6. The molecule has 0 atom stereocenters. The van der Waals surface area contributed by atoms with Crippen molar-refractivity contribution in [2.75, 3.05) is 6.61 Å². The summed E-state index contributed by atoms with van der Waals surface area (Å²) in [5, 5.41) is 1.75. The average Bonchev–Trinajstić information content (AvgIpc) is 2.94. The molecule has 1 aromatic heterocycles. The molecule has 0 amide bonds. The van der Waals surface area contributed by atoms with Crippen LogP contribution in [0.5, 0.6) is 0 Å². The number of aryl methyl sites for hydroxylation is 1. The predicted octanol–water partition coefficient (Wildman–Crippen LogP) is 4.75. The second kappa shape index (κ2) is 6.84. The quantitative estimate of drug-likeness (QED) is 0.541. The number of hydrogen-bond acceptors (Lipinski definition) is 2. The molecule has 0 saturated carbocycles. The van der Waals surface area contributed by atoms with Gasteiger partial charge in [0.25, 0.3) is 0 Å². The topological polar surface area (TPSA) is 42.1 Å². The Morgan fingerprint density at radius 1 is 1.22 bits per heavy atom. The monoisotopic (exact) mass is 331 g/mol. The van der Waals surface area contributed by atoms with E-state index in [1.165, 1.54) is 18.2 Å². The lowest BCUT2D eigenvalue weighted by Gasteiger charge is -2.05. The van der Waals surface area contributed by atoms with Crippen LogP contribution >= 0.6 is 11.6 Å². The number of ether oxygens (including phenoxy) is 1. The van der Waals surface area contributed by atoms with E-state index in [0.717, 1.165) is 22.9 Å². The van der Waals surface area contributed by atoms with Crippen LogP contribution in [0.4, 0.5) is 4.39 Å². The highest BCUT2D eigenvalue weighted by Gasteiger charge is 2.12. The number of carbonyl (C=O) groups excluding carboxylic acids is 1. The number of carbonyl (C=O) groups is 1. The lowest BCUT2D eigenvalue weighted by atomic mass is 10.1. The van der Waals surface area contributed by atoms with Gasteiger partial charge in [0.1, 0.15) is 5.82 Å². The van der Waals surface area contributed by atoms with Crippen molar-refractivity contribution in [1.29, 1.82) is 0 Å². The summed E-state index contributed by atoms with van der Waals surface area (Å²) in [6.45, 7) is 0.237. The Balaban J connectivity index is 1.56. The number of fused-ring (bicyclic) bond motifs is 1. The molecule has 0 unspecified atom stereocenters. The highest BCUT2D eigenvalue weighted by molar-refractivity contribution is 6.31. The Kier molecular flexibility index (Phi) is 4.63. The minimum absolute atomic E-state index is 0.0358. The second-order valence-corrected chi connectivity index (χ2v) is 5.66. The van der Waals surface area contributed by atoms with Crippen molar-refractivity contribution in [2.24, 2.45) is 0 Å². The largest absolute Gasteiger partial charge is 0.462 e. The fourth-order valence-electron chi connectivity index (χ4n) is 2.49. The number of aromatic amines is 1. The minimum atomic E-state index is -0.634. The Morgan fingerprint density at radius 3 is 2.87 bits per heavy atom. The van der Waals surface area contributed by atoms with E-state index in [9.17, 15) is 9.18 Å². The molecule has 23 heavy (non-hydrogen) atoms. The van der Waals surface area contributed by atoms with E-state index in [2.05, 4.69) is 4.98 Å². The summed E-state index contributed by atoms with van der Waals surface area (Å²) < 4.78 is 18.6. The maximum absolute atomic E-state index is 13.5. The first-order valence-corrected chi connectivity index (χ1v) is 7.70. The molecule has 0 aliphatic heterocycles. The van der Waals surface area contributed by atoms with E-state index < -0.39 is 11.8 Å². The van der Waals surface area contributed by atoms with E-state index >= 15 is 0 Å². The molecule has 0 bridgehead atoms. The lowest BCUT2D eigenvalue weighted by molar-refractivity contribution is 0.0495. The van der Waals surface area contributed by atoms with Crippen molar-refractivity contribution in [1.82, 2.24) is 4.98 Å². The minimum Gasteiger partial charge on any atom is -0.462 e. The smallest absolute Gasteiger partial charge is 0.341 e. The predicted molar refractivity (Wildman–Crippen MR) is 88.3 cm³/mol. The molecule has 0 radical (unpaired) electrons. The van der Waals surface area contributed by atoms with Gasteiger partial charge in [0.2, 0.25) is 0 Å². The van der Waals surface area contributed by atoms with Gasteiger partial charge >= 0.3 is 5.97 Å². The fraction of sp³-hybridized carbons (Fsp3) is 0.167. The van der Waals surface area contributed by atoms with Gasteiger partial charge in [-0.25, -0.2) is 9.18 Å². The van der Waals surface area contributed by atoms with Gasteiger partial charge in [0.15, 0.2) is 0 Å². The Morgan fingerprint density at radius 2 is 2.04 bits per heavy atom. The van der Waals surface area contributed by atoms with E-state index in [-0.39, 0.29) is 12.2 Å². The molecule has 1 heterocycles. The molecule has 0 aliphatic carbocycles. The van der Waals surface area contributed by atoms with Crippen molar-refractivity contribution in [3.05, 3.63) is 70.6 Å². The van der Waals surface area contributed by atoms with Crippen LogP contribution in [-0.2, 0) is 11.2 Å². The van der Waals surface area contributed by atoms with Crippen molar-refractivity contribution in [2.45, 2.75) is 12.8 Å². The third-order valence-electron chi connectivity index (χ3n) is 3.65. The molecule has 0 aliphatic rings. The number of nitrogens with one attached hydrogen (secondary N) is 1. The first-order valence-electron chi connectivity index (χ1n) is 7.32. The molecule has 0 fully saturated rings. The third-order valence-corrected chi connectivity index (χ3v) is 3.88. The fourth-order valence-corrected chi connectivity index (χ4v) is 2.66. The number of esters is 1. The number of hydrogen-bond donors (Lipinski definition) is 1. The van der Waals surface area contributed by atoms with Crippen LogP contribution in [0.1, 0.15) is 22.3 Å². The molecular weight excluding hydrogens is 317 g/mol. The van der Waals surface area contributed by atoms with Crippen LogP contribution in [0.2, 0.25) is 5.02 Å². The summed E-state index contributed by atoms with van der Waals surface area (Å²) in [6.07, 6.45) is 3.32. The van der Waals surface area contributed by atoms with Gasteiger partial charge < -0.3 is 9.72 Å². The van der Waals surface area contributed by atoms with E-state index in [0.29, 0.717) is 11.4 Å². The number of H-pyrrole nitrogens is 1. The molecule has 5 heteroatoms. The Hall–Kier alpha value is -2.33. The Bertz CT molecular complexity index is 844. The number of rotatable bonds is 5.